The van der Waals surface area contributed by atoms with Crippen molar-refractivity contribution in [2.24, 2.45) is 12.0 Å². The van der Waals surface area contributed by atoms with Crippen LogP contribution in [-0.4, -0.2) is 66.9 Å². The number of ether oxygens (including phenoxy) is 1. The summed E-state index contributed by atoms with van der Waals surface area (Å²) in [7, 11) is 9.60. The minimum atomic E-state index is -2.82. The smallest absolute Gasteiger partial charge is 0.387 e. The number of aromatic nitrogens is 2. The zero-order valence-electron chi connectivity index (χ0n) is 17.3. The topological polar surface area (TPSA) is 57.9 Å². The molecule has 0 spiro atoms. The first-order chi connectivity index (χ1) is 13.3. The summed E-state index contributed by atoms with van der Waals surface area (Å²) in [4.78, 5) is 8.43. The number of aryl methyl sites for hydroxylation is 1. The normalized spacial score (nSPS) is 12.7. The quantitative estimate of drug-likeness (QED) is 0.329. The van der Waals surface area contributed by atoms with Crippen LogP contribution in [0.2, 0.25) is 0 Å². The number of nitrogens with zero attached hydrogens (tertiary/aromatic N) is 5. The van der Waals surface area contributed by atoms with Crippen molar-refractivity contribution in [3.05, 3.63) is 47.8 Å². The van der Waals surface area contributed by atoms with Crippen LogP contribution in [0.4, 0.5) is 8.78 Å². The summed E-state index contributed by atoms with van der Waals surface area (Å²) in [5.41, 5.74) is 2.08. The number of halogens is 3. The standard InChI is InChI=1S/C19H28F2N6O.HI/c1-22-19(23-11-17(25(2)3)15-10-24-27(5)13-15)26(4)12-14-6-8-16(9-7-14)28-18(20)21;/h6-10,13,17-18H,11-12H2,1-5H3,(H,22,23);1H. The molecule has 10 heteroatoms. The number of benzene rings is 1. The van der Waals surface area contributed by atoms with Gasteiger partial charge >= 0.3 is 6.61 Å². The van der Waals surface area contributed by atoms with Crippen LogP contribution in [-0.2, 0) is 13.6 Å². The third-order valence-electron chi connectivity index (χ3n) is 4.33. The number of alkyl halides is 2. The Morgan fingerprint density at radius 1 is 1.24 bits per heavy atom. The molecule has 1 unspecified atom stereocenters. The Kier molecular flexibility index (Phi) is 10.3. The van der Waals surface area contributed by atoms with E-state index in [1.165, 1.54) is 12.1 Å². The number of rotatable bonds is 8. The lowest BCUT2D eigenvalue weighted by molar-refractivity contribution is -0.0498. The molecule has 7 nitrogen and oxygen atoms in total. The second kappa shape index (κ2) is 11.9. The number of guanidine groups is 1. The first kappa shape index (κ1) is 25.1. The molecule has 2 aromatic rings. The van der Waals surface area contributed by atoms with Crippen LogP contribution in [0.25, 0.3) is 0 Å². The fourth-order valence-electron chi connectivity index (χ4n) is 2.91. The molecule has 0 radical (unpaired) electrons. The van der Waals surface area contributed by atoms with E-state index >= 15 is 0 Å². The predicted octanol–water partition coefficient (Wildman–Crippen LogP) is 2.95. The molecule has 1 aromatic carbocycles. The summed E-state index contributed by atoms with van der Waals surface area (Å²) in [6.45, 7) is -1.58. The molecule has 1 N–H and O–H groups in total. The zero-order chi connectivity index (χ0) is 20.7. The van der Waals surface area contributed by atoms with E-state index in [4.69, 9.17) is 0 Å². The monoisotopic (exact) mass is 522 g/mol. The van der Waals surface area contributed by atoms with Crippen LogP contribution in [0.5, 0.6) is 5.75 Å². The molecule has 29 heavy (non-hydrogen) atoms. The lowest BCUT2D eigenvalue weighted by atomic mass is 10.1. The molecule has 0 saturated carbocycles. The number of aliphatic imine (C=N–C) groups is 1. The van der Waals surface area contributed by atoms with Crippen LogP contribution >= 0.6 is 24.0 Å². The highest BCUT2D eigenvalue weighted by Gasteiger charge is 2.17. The molecular formula is C19H29F2IN6O. The molecule has 1 aromatic heterocycles. The van der Waals surface area contributed by atoms with Gasteiger partial charge in [-0.05, 0) is 31.8 Å². The largest absolute Gasteiger partial charge is 0.435 e. The molecule has 1 heterocycles. The maximum atomic E-state index is 12.3. The number of hydrogen-bond donors (Lipinski definition) is 1. The van der Waals surface area contributed by atoms with Gasteiger partial charge in [0.2, 0.25) is 0 Å². The summed E-state index contributed by atoms with van der Waals surface area (Å²) in [6, 6.07) is 6.75. The maximum absolute atomic E-state index is 12.3. The van der Waals surface area contributed by atoms with Crippen molar-refractivity contribution in [2.75, 3.05) is 34.7 Å². The van der Waals surface area contributed by atoms with Gasteiger partial charge in [-0.15, -0.1) is 24.0 Å². The van der Waals surface area contributed by atoms with E-state index in [-0.39, 0.29) is 35.8 Å². The van der Waals surface area contributed by atoms with Gasteiger partial charge in [-0.3, -0.25) is 9.67 Å². The molecule has 0 amide bonds. The van der Waals surface area contributed by atoms with Gasteiger partial charge in [0.1, 0.15) is 5.75 Å². The predicted molar refractivity (Wildman–Crippen MR) is 121 cm³/mol. The second-order valence-electron chi connectivity index (χ2n) is 6.73. The Labute approximate surface area is 187 Å². The highest BCUT2D eigenvalue weighted by atomic mass is 127. The zero-order valence-corrected chi connectivity index (χ0v) is 19.7. The lowest BCUT2D eigenvalue weighted by Gasteiger charge is -2.27. The van der Waals surface area contributed by atoms with E-state index in [2.05, 4.69) is 25.0 Å². The molecule has 0 saturated heterocycles. The summed E-state index contributed by atoms with van der Waals surface area (Å²) >= 11 is 0. The van der Waals surface area contributed by atoms with E-state index < -0.39 is 6.61 Å². The van der Waals surface area contributed by atoms with E-state index in [1.54, 1.807) is 23.9 Å². The van der Waals surface area contributed by atoms with Gasteiger partial charge in [0.15, 0.2) is 5.96 Å². The van der Waals surface area contributed by atoms with Crippen molar-refractivity contribution in [1.82, 2.24) is 24.9 Å². The minimum absolute atomic E-state index is 0. The highest BCUT2D eigenvalue weighted by Crippen LogP contribution is 2.17. The van der Waals surface area contributed by atoms with Crippen molar-refractivity contribution < 1.29 is 13.5 Å². The van der Waals surface area contributed by atoms with Gasteiger partial charge < -0.3 is 19.9 Å². The van der Waals surface area contributed by atoms with Crippen LogP contribution in [0, 0.1) is 0 Å². The van der Waals surface area contributed by atoms with E-state index in [9.17, 15) is 8.78 Å². The van der Waals surface area contributed by atoms with E-state index in [0.29, 0.717) is 13.1 Å². The molecule has 0 fully saturated rings. The first-order valence-corrected chi connectivity index (χ1v) is 8.90. The third kappa shape index (κ3) is 7.77. The van der Waals surface area contributed by atoms with Crippen molar-refractivity contribution >= 4 is 29.9 Å². The Morgan fingerprint density at radius 2 is 1.90 bits per heavy atom. The Balaban J connectivity index is 0.00000420. The van der Waals surface area contributed by atoms with Crippen molar-refractivity contribution in [2.45, 2.75) is 19.2 Å². The third-order valence-corrected chi connectivity index (χ3v) is 4.33. The highest BCUT2D eigenvalue weighted by molar-refractivity contribution is 14.0. The molecule has 1 atom stereocenters. The van der Waals surface area contributed by atoms with Gasteiger partial charge in [-0.25, -0.2) is 0 Å². The van der Waals surface area contributed by atoms with Gasteiger partial charge in [0.05, 0.1) is 12.2 Å². The van der Waals surface area contributed by atoms with Crippen LogP contribution < -0.4 is 10.1 Å². The van der Waals surface area contributed by atoms with Crippen LogP contribution in [0.1, 0.15) is 17.2 Å². The molecule has 0 aliphatic heterocycles. The summed E-state index contributed by atoms with van der Waals surface area (Å²) in [6.07, 6.45) is 3.86. The minimum Gasteiger partial charge on any atom is -0.435 e. The van der Waals surface area contributed by atoms with E-state index in [1.807, 2.05) is 45.5 Å². The molecular weight excluding hydrogens is 493 g/mol. The molecule has 2 rings (SSSR count). The van der Waals surface area contributed by atoms with Crippen LogP contribution in [0.15, 0.2) is 41.7 Å². The van der Waals surface area contributed by atoms with Crippen molar-refractivity contribution in [3.63, 3.8) is 0 Å². The first-order valence-electron chi connectivity index (χ1n) is 8.90. The van der Waals surface area contributed by atoms with Gasteiger partial charge in [0, 0.05) is 46.0 Å². The lowest BCUT2D eigenvalue weighted by Crippen LogP contribution is -2.42. The maximum Gasteiger partial charge on any atom is 0.387 e. The SMILES string of the molecule is CN=C(NCC(c1cnn(C)c1)N(C)C)N(C)Cc1ccc(OC(F)F)cc1.I. The molecule has 0 bridgehead atoms. The fraction of sp³-hybridized carbons (Fsp3) is 0.474. The Hall–Kier alpha value is -1.95. The average Bonchev–Trinajstić information content (AvgIpc) is 3.05. The number of hydrogen-bond acceptors (Lipinski definition) is 4. The van der Waals surface area contributed by atoms with E-state index in [0.717, 1.165) is 17.1 Å². The van der Waals surface area contributed by atoms with Crippen molar-refractivity contribution in [3.8, 4) is 5.75 Å². The summed E-state index contributed by atoms with van der Waals surface area (Å²) in [5, 5.41) is 7.64. The average molecular weight is 522 g/mol. The second-order valence-corrected chi connectivity index (χ2v) is 6.73. The number of nitrogens with one attached hydrogen (secondary N) is 1. The Bertz CT molecular complexity index is 766. The van der Waals surface area contributed by atoms with Gasteiger partial charge in [0.25, 0.3) is 0 Å². The Morgan fingerprint density at radius 3 is 2.38 bits per heavy atom. The number of likely N-dealkylation sites (N-methyl/N-ethyl adjacent to an activating group) is 1. The van der Waals surface area contributed by atoms with Gasteiger partial charge in [-0.1, -0.05) is 12.1 Å². The summed E-state index contributed by atoms with van der Waals surface area (Å²) in [5.74, 6) is 0.887. The molecule has 162 valence electrons. The molecule has 0 aliphatic rings. The van der Waals surface area contributed by atoms with Crippen LogP contribution in [0.3, 0.4) is 0 Å². The molecule has 0 aliphatic carbocycles. The summed E-state index contributed by atoms with van der Waals surface area (Å²) < 4.78 is 30.7. The fourth-order valence-corrected chi connectivity index (χ4v) is 2.91. The van der Waals surface area contributed by atoms with Crippen molar-refractivity contribution in [1.29, 1.82) is 0 Å². The van der Waals surface area contributed by atoms with Gasteiger partial charge in [-0.2, -0.15) is 13.9 Å².